The van der Waals surface area contributed by atoms with Gasteiger partial charge in [-0.1, -0.05) is 26.0 Å². The van der Waals surface area contributed by atoms with Crippen molar-refractivity contribution in [2.75, 3.05) is 7.11 Å². The number of amides is 1. The van der Waals surface area contributed by atoms with Gasteiger partial charge >= 0.3 is 0 Å². The summed E-state index contributed by atoms with van der Waals surface area (Å²) in [4.78, 5) is 10.6. The zero-order chi connectivity index (χ0) is 12.1. The Balaban J connectivity index is 2.92. The highest BCUT2D eigenvalue weighted by Gasteiger charge is 2.07. The largest absolute Gasteiger partial charge is 0.496 e. The van der Waals surface area contributed by atoms with Gasteiger partial charge in [0, 0.05) is 28.0 Å². The topological polar surface area (TPSA) is 38.3 Å². The minimum atomic E-state index is -0.218. The molecule has 1 aromatic carbocycles. The molecule has 0 unspecified atom stereocenters. The Hall–Kier alpha value is -1.03. The standard InChI is InChI=1S/C12H16BrNO2/c1-8(2)9-4-5-11(16-3)10(6-9)7-14-12(13)15/h4-6,8H,7H2,1-3H3,(H,14,15). The van der Waals surface area contributed by atoms with E-state index in [0.717, 1.165) is 11.3 Å². The summed E-state index contributed by atoms with van der Waals surface area (Å²) in [7, 11) is 1.63. The summed E-state index contributed by atoms with van der Waals surface area (Å²) in [6.07, 6.45) is 0. The van der Waals surface area contributed by atoms with Crippen LogP contribution in [0, 0.1) is 0 Å². The van der Waals surface area contributed by atoms with Crippen molar-refractivity contribution in [3.63, 3.8) is 0 Å². The van der Waals surface area contributed by atoms with Gasteiger partial charge in [-0.15, -0.1) is 0 Å². The molecule has 0 spiro atoms. The number of methoxy groups -OCH3 is 1. The van der Waals surface area contributed by atoms with Gasteiger partial charge in [0.05, 0.1) is 7.11 Å². The number of carbonyl (C=O) groups excluding carboxylic acids is 1. The minimum absolute atomic E-state index is 0.218. The number of ether oxygens (including phenoxy) is 1. The summed E-state index contributed by atoms with van der Waals surface area (Å²) in [5.41, 5.74) is 2.22. The van der Waals surface area contributed by atoms with E-state index in [1.807, 2.05) is 12.1 Å². The van der Waals surface area contributed by atoms with Crippen LogP contribution in [0.25, 0.3) is 0 Å². The Bertz CT molecular complexity index is 377. The highest BCUT2D eigenvalue weighted by Crippen LogP contribution is 2.24. The number of hydrogen-bond acceptors (Lipinski definition) is 2. The molecule has 0 aliphatic carbocycles. The third-order valence-electron chi connectivity index (χ3n) is 2.39. The fourth-order valence-electron chi connectivity index (χ4n) is 1.46. The Morgan fingerprint density at radius 3 is 2.69 bits per heavy atom. The zero-order valence-corrected chi connectivity index (χ0v) is 11.3. The van der Waals surface area contributed by atoms with Crippen LogP contribution in [0.5, 0.6) is 5.75 Å². The first-order valence-corrected chi connectivity index (χ1v) is 5.94. The molecule has 1 N–H and O–H groups in total. The average molecular weight is 286 g/mol. The molecule has 1 amide bonds. The number of nitrogens with one attached hydrogen (secondary N) is 1. The molecule has 0 aromatic heterocycles. The Morgan fingerprint density at radius 1 is 1.50 bits per heavy atom. The fourth-order valence-corrected chi connectivity index (χ4v) is 1.60. The van der Waals surface area contributed by atoms with Crippen LogP contribution in [-0.2, 0) is 6.54 Å². The zero-order valence-electron chi connectivity index (χ0n) is 9.71. The normalized spacial score (nSPS) is 10.3. The maximum absolute atomic E-state index is 10.8. The maximum atomic E-state index is 10.8. The molecule has 0 radical (unpaired) electrons. The number of rotatable bonds is 4. The highest BCUT2D eigenvalue weighted by molar-refractivity contribution is 9.18. The van der Waals surface area contributed by atoms with Gasteiger partial charge in [-0.25, -0.2) is 0 Å². The summed E-state index contributed by atoms with van der Waals surface area (Å²) in [6.45, 7) is 4.73. The molecule has 0 bridgehead atoms. The number of hydrogen-bond donors (Lipinski definition) is 1. The van der Waals surface area contributed by atoms with Gasteiger partial charge in [0.25, 0.3) is 4.82 Å². The molecule has 1 rings (SSSR count). The van der Waals surface area contributed by atoms with Crippen molar-refractivity contribution in [3.05, 3.63) is 29.3 Å². The second kappa shape index (κ2) is 5.89. The molecule has 1 aromatic rings. The van der Waals surface area contributed by atoms with Gasteiger partial charge in [0.15, 0.2) is 0 Å². The third kappa shape index (κ3) is 3.52. The van der Waals surface area contributed by atoms with Gasteiger partial charge in [-0.05, 0) is 17.5 Å². The molecule has 0 fully saturated rings. The predicted molar refractivity (Wildman–Crippen MR) is 68.2 cm³/mol. The number of benzene rings is 1. The van der Waals surface area contributed by atoms with E-state index in [0.29, 0.717) is 12.5 Å². The van der Waals surface area contributed by atoms with E-state index in [2.05, 4.69) is 41.2 Å². The third-order valence-corrected chi connectivity index (χ3v) is 2.67. The minimum Gasteiger partial charge on any atom is -0.496 e. The summed E-state index contributed by atoms with van der Waals surface area (Å²) < 4.78 is 5.25. The van der Waals surface area contributed by atoms with E-state index >= 15 is 0 Å². The number of halogens is 1. The monoisotopic (exact) mass is 285 g/mol. The average Bonchev–Trinajstić information content (AvgIpc) is 2.25. The van der Waals surface area contributed by atoms with Crippen molar-refractivity contribution in [2.45, 2.75) is 26.3 Å². The molecular weight excluding hydrogens is 270 g/mol. The molecule has 16 heavy (non-hydrogen) atoms. The van der Waals surface area contributed by atoms with E-state index in [1.54, 1.807) is 7.11 Å². The second-order valence-corrected chi connectivity index (χ2v) is 4.57. The van der Waals surface area contributed by atoms with E-state index < -0.39 is 0 Å². The highest BCUT2D eigenvalue weighted by atomic mass is 79.9. The lowest BCUT2D eigenvalue weighted by molar-refractivity contribution is 0.261. The van der Waals surface area contributed by atoms with Gasteiger partial charge in [0.1, 0.15) is 5.75 Å². The van der Waals surface area contributed by atoms with E-state index in [-0.39, 0.29) is 4.82 Å². The lowest BCUT2D eigenvalue weighted by Crippen LogP contribution is -2.15. The first-order valence-electron chi connectivity index (χ1n) is 5.14. The quantitative estimate of drug-likeness (QED) is 0.680. The van der Waals surface area contributed by atoms with E-state index in [1.165, 1.54) is 5.56 Å². The van der Waals surface area contributed by atoms with Crippen molar-refractivity contribution in [3.8, 4) is 5.75 Å². The van der Waals surface area contributed by atoms with Gasteiger partial charge in [-0.2, -0.15) is 0 Å². The Kier molecular flexibility index (Phi) is 4.80. The molecule has 3 nitrogen and oxygen atoms in total. The van der Waals surface area contributed by atoms with Crippen molar-refractivity contribution < 1.29 is 9.53 Å². The van der Waals surface area contributed by atoms with Crippen LogP contribution in [0.1, 0.15) is 30.9 Å². The number of carbonyl (C=O) groups is 1. The molecule has 0 saturated carbocycles. The maximum Gasteiger partial charge on any atom is 0.287 e. The van der Waals surface area contributed by atoms with Crippen molar-refractivity contribution in [2.24, 2.45) is 0 Å². The lowest BCUT2D eigenvalue weighted by atomic mass is 10.0. The van der Waals surface area contributed by atoms with E-state index in [4.69, 9.17) is 4.74 Å². The molecular formula is C12H16BrNO2. The lowest BCUT2D eigenvalue weighted by Gasteiger charge is -2.12. The SMILES string of the molecule is COc1ccc(C(C)C)cc1CNC(=O)Br. The van der Waals surface area contributed by atoms with Crippen LogP contribution >= 0.6 is 15.9 Å². The van der Waals surface area contributed by atoms with Crippen LogP contribution < -0.4 is 10.1 Å². The summed E-state index contributed by atoms with van der Waals surface area (Å²) >= 11 is 2.83. The van der Waals surface area contributed by atoms with Gasteiger partial charge in [0.2, 0.25) is 0 Å². The summed E-state index contributed by atoms with van der Waals surface area (Å²) in [5.74, 6) is 1.26. The summed E-state index contributed by atoms with van der Waals surface area (Å²) in [5, 5.41) is 2.70. The second-order valence-electron chi connectivity index (χ2n) is 3.85. The molecule has 0 aliphatic heterocycles. The molecule has 0 aliphatic rings. The Labute approximate surface area is 104 Å². The fraction of sp³-hybridized carbons (Fsp3) is 0.417. The van der Waals surface area contributed by atoms with Crippen LogP contribution in [0.15, 0.2) is 18.2 Å². The first kappa shape index (κ1) is 13.0. The van der Waals surface area contributed by atoms with Crippen LogP contribution in [0.3, 0.4) is 0 Å². The summed E-state index contributed by atoms with van der Waals surface area (Å²) in [6, 6.07) is 6.04. The van der Waals surface area contributed by atoms with Crippen LogP contribution in [0.4, 0.5) is 4.79 Å². The molecule has 0 atom stereocenters. The van der Waals surface area contributed by atoms with E-state index in [9.17, 15) is 4.79 Å². The predicted octanol–water partition coefficient (Wildman–Crippen LogP) is 3.42. The molecule has 4 heteroatoms. The van der Waals surface area contributed by atoms with Gasteiger partial charge < -0.3 is 10.1 Å². The van der Waals surface area contributed by atoms with Crippen LogP contribution in [0.2, 0.25) is 0 Å². The Morgan fingerprint density at radius 2 is 2.19 bits per heavy atom. The van der Waals surface area contributed by atoms with Crippen molar-refractivity contribution in [1.29, 1.82) is 0 Å². The first-order chi connectivity index (χ1) is 7.54. The van der Waals surface area contributed by atoms with Crippen molar-refractivity contribution >= 4 is 20.7 Å². The van der Waals surface area contributed by atoms with Crippen LogP contribution in [-0.4, -0.2) is 11.9 Å². The molecule has 0 heterocycles. The van der Waals surface area contributed by atoms with Crippen molar-refractivity contribution in [1.82, 2.24) is 5.32 Å². The molecule has 88 valence electrons. The smallest absolute Gasteiger partial charge is 0.287 e. The molecule has 0 saturated heterocycles. The van der Waals surface area contributed by atoms with Gasteiger partial charge in [-0.3, -0.25) is 4.79 Å².